The van der Waals surface area contributed by atoms with E-state index in [1.807, 2.05) is 19.1 Å². The van der Waals surface area contributed by atoms with Crippen molar-refractivity contribution in [3.8, 4) is 5.82 Å². The van der Waals surface area contributed by atoms with Gasteiger partial charge in [-0.25, -0.2) is 4.98 Å². The van der Waals surface area contributed by atoms with Crippen molar-refractivity contribution in [2.24, 2.45) is 0 Å². The lowest BCUT2D eigenvalue weighted by atomic mass is 10.1. The van der Waals surface area contributed by atoms with Gasteiger partial charge in [-0.3, -0.25) is 9.59 Å². The van der Waals surface area contributed by atoms with E-state index in [2.05, 4.69) is 15.1 Å². The quantitative estimate of drug-likeness (QED) is 0.760. The van der Waals surface area contributed by atoms with Crippen LogP contribution in [0.15, 0.2) is 29.2 Å². The maximum atomic E-state index is 11.9. The Kier molecular flexibility index (Phi) is 3.25. The first-order valence-corrected chi connectivity index (χ1v) is 6.72. The summed E-state index contributed by atoms with van der Waals surface area (Å²) in [5.74, 6) is -0.392. The Bertz CT molecular complexity index is 940. The number of carbonyl (C=O) groups is 1. The van der Waals surface area contributed by atoms with Gasteiger partial charge in [0.2, 0.25) is 5.56 Å². The molecule has 0 amide bonds. The Labute approximate surface area is 125 Å². The summed E-state index contributed by atoms with van der Waals surface area (Å²) in [5, 5.41) is 14.1. The second kappa shape index (κ2) is 5.10. The smallest absolute Gasteiger partial charge is 0.307 e. The maximum absolute atomic E-state index is 11.9. The Balaban J connectivity index is 2.35. The zero-order valence-corrected chi connectivity index (χ0v) is 12.1. The molecule has 0 aliphatic rings. The lowest BCUT2D eigenvalue weighted by Crippen LogP contribution is -2.12. The number of aromatic amines is 1. The van der Waals surface area contributed by atoms with Crippen LogP contribution in [0.4, 0.5) is 0 Å². The summed E-state index contributed by atoms with van der Waals surface area (Å²) in [5.41, 5.74) is 2.09. The molecule has 0 saturated carbocycles. The number of nitrogens with zero attached hydrogens (tertiary/aromatic N) is 3. The van der Waals surface area contributed by atoms with E-state index in [9.17, 15) is 9.59 Å². The van der Waals surface area contributed by atoms with Gasteiger partial charge in [-0.1, -0.05) is 6.07 Å². The molecule has 3 aromatic heterocycles. The summed E-state index contributed by atoms with van der Waals surface area (Å²) in [7, 11) is 0. The highest BCUT2D eigenvalue weighted by Gasteiger charge is 2.17. The van der Waals surface area contributed by atoms with Crippen LogP contribution >= 0.6 is 0 Å². The molecule has 3 heterocycles. The summed E-state index contributed by atoms with van der Waals surface area (Å²) in [6.45, 7) is 3.67. The number of pyridine rings is 2. The van der Waals surface area contributed by atoms with Crippen LogP contribution in [0.25, 0.3) is 16.9 Å². The second-order valence-corrected chi connectivity index (χ2v) is 5.09. The third-order valence-corrected chi connectivity index (χ3v) is 3.45. The van der Waals surface area contributed by atoms with Crippen molar-refractivity contribution in [3.05, 3.63) is 51.6 Å². The molecule has 0 aliphatic heterocycles. The van der Waals surface area contributed by atoms with Crippen molar-refractivity contribution < 1.29 is 9.90 Å². The van der Waals surface area contributed by atoms with Gasteiger partial charge in [0.05, 0.1) is 12.1 Å². The number of aryl methyl sites for hydroxylation is 2. The van der Waals surface area contributed by atoms with E-state index in [0.717, 1.165) is 5.56 Å². The van der Waals surface area contributed by atoms with Gasteiger partial charge in [-0.15, -0.1) is 0 Å². The lowest BCUT2D eigenvalue weighted by molar-refractivity contribution is -0.136. The van der Waals surface area contributed by atoms with E-state index in [0.29, 0.717) is 28.1 Å². The molecule has 22 heavy (non-hydrogen) atoms. The normalized spacial score (nSPS) is 11.0. The molecule has 0 aromatic carbocycles. The number of hydrogen-bond acceptors (Lipinski definition) is 4. The Morgan fingerprint density at radius 3 is 2.86 bits per heavy atom. The molecule has 0 saturated heterocycles. The van der Waals surface area contributed by atoms with Crippen LogP contribution in [0.2, 0.25) is 0 Å². The predicted molar refractivity (Wildman–Crippen MR) is 80.3 cm³/mol. The highest BCUT2D eigenvalue weighted by molar-refractivity contribution is 5.86. The third-order valence-electron chi connectivity index (χ3n) is 3.45. The molecular formula is C15H14N4O3. The molecule has 0 bridgehead atoms. The van der Waals surface area contributed by atoms with Crippen molar-refractivity contribution in [3.63, 3.8) is 0 Å². The number of aromatic nitrogens is 4. The molecule has 7 heteroatoms. The Hall–Kier alpha value is -2.96. The van der Waals surface area contributed by atoms with Crippen LogP contribution in [-0.4, -0.2) is 30.8 Å². The minimum absolute atomic E-state index is 0.228. The Morgan fingerprint density at radius 2 is 2.18 bits per heavy atom. The molecule has 0 aliphatic carbocycles. The number of aliphatic carboxylic acids is 1. The van der Waals surface area contributed by atoms with Crippen molar-refractivity contribution >= 4 is 17.0 Å². The number of hydrogen-bond donors (Lipinski definition) is 2. The molecule has 0 spiro atoms. The fraction of sp³-hybridized carbons (Fsp3) is 0.200. The minimum atomic E-state index is -0.993. The molecule has 2 N–H and O–H groups in total. The van der Waals surface area contributed by atoms with Crippen molar-refractivity contribution in [1.82, 2.24) is 19.7 Å². The molecule has 0 unspecified atom stereocenters. The van der Waals surface area contributed by atoms with Gasteiger partial charge < -0.3 is 10.1 Å². The number of nitrogens with one attached hydrogen (secondary N) is 1. The molecule has 3 rings (SSSR count). The van der Waals surface area contributed by atoms with E-state index in [1.165, 1.54) is 6.07 Å². The topological polar surface area (TPSA) is 101 Å². The molecule has 0 fully saturated rings. The molecule has 0 atom stereocenters. The first kappa shape index (κ1) is 14.0. The summed E-state index contributed by atoms with van der Waals surface area (Å²) in [6, 6.07) is 5.01. The summed E-state index contributed by atoms with van der Waals surface area (Å²) in [4.78, 5) is 29.9. The van der Waals surface area contributed by atoms with E-state index >= 15 is 0 Å². The van der Waals surface area contributed by atoms with Crippen LogP contribution in [0.1, 0.15) is 16.8 Å². The number of H-pyrrole nitrogens is 1. The van der Waals surface area contributed by atoms with E-state index in [1.54, 1.807) is 17.8 Å². The number of rotatable bonds is 3. The zero-order chi connectivity index (χ0) is 15.9. The number of carboxylic acids is 1. The van der Waals surface area contributed by atoms with E-state index in [4.69, 9.17) is 5.11 Å². The van der Waals surface area contributed by atoms with Crippen LogP contribution in [-0.2, 0) is 11.2 Å². The first-order chi connectivity index (χ1) is 10.5. The molecule has 3 aromatic rings. The van der Waals surface area contributed by atoms with Gasteiger partial charge in [0.25, 0.3) is 0 Å². The van der Waals surface area contributed by atoms with Crippen LogP contribution in [0, 0.1) is 13.8 Å². The molecule has 7 nitrogen and oxygen atoms in total. The molecular weight excluding hydrogens is 284 g/mol. The summed E-state index contributed by atoms with van der Waals surface area (Å²) in [6.07, 6.45) is 1.42. The second-order valence-electron chi connectivity index (χ2n) is 5.09. The van der Waals surface area contributed by atoms with Gasteiger partial charge in [0, 0.05) is 17.6 Å². The number of fused-ring (bicyclic) bond motifs is 1. The van der Waals surface area contributed by atoms with Crippen LogP contribution in [0.3, 0.4) is 0 Å². The van der Waals surface area contributed by atoms with Crippen LogP contribution in [0.5, 0.6) is 0 Å². The zero-order valence-electron chi connectivity index (χ0n) is 12.1. The van der Waals surface area contributed by atoms with Crippen molar-refractivity contribution in [2.45, 2.75) is 20.3 Å². The van der Waals surface area contributed by atoms with Gasteiger partial charge >= 0.3 is 5.97 Å². The van der Waals surface area contributed by atoms with Gasteiger partial charge in [0.1, 0.15) is 5.65 Å². The van der Waals surface area contributed by atoms with Gasteiger partial charge in [-0.05, 0) is 31.0 Å². The standard InChI is InChI=1S/C15H14N4O3/c1-8-4-3-5-16-14(8)19-15-13(9(2)18-19)10(7-12(21)22)6-11(20)17-15/h3-6H,7H2,1-2H3,(H,17,20)(H,21,22). The average Bonchev–Trinajstić information content (AvgIpc) is 2.75. The van der Waals surface area contributed by atoms with E-state index in [-0.39, 0.29) is 12.0 Å². The SMILES string of the molecule is Cc1cccnc1-n1nc(C)c2c(CC(=O)O)cc(=O)[nH]c21. The monoisotopic (exact) mass is 298 g/mol. The molecule has 112 valence electrons. The maximum Gasteiger partial charge on any atom is 0.307 e. The minimum Gasteiger partial charge on any atom is -0.481 e. The predicted octanol–water partition coefficient (Wildman–Crippen LogP) is 1.35. The highest BCUT2D eigenvalue weighted by Crippen LogP contribution is 2.23. The van der Waals surface area contributed by atoms with Gasteiger partial charge in [-0.2, -0.15) is 9.78 Å². The van der Waals surface area contributed by atoms with Crippen molar-refractivity contribution in [1.29, 1.82) is 0 Å². The number of carboxylic acid groups (broad SMARTS) is 1. The Morgan fingerprint density at radius 1 is 1.41 bits per heavy atom. The average molecular weight is 298 g/mol. The summed E-state index contributed by atoms with van der Waals surface area (Å²) >= 11 is 0. The molecule has 0 radical (unpaired) electrons. The highest BCUT2D eigenvalue weighted by atomic mass is 16.4. The van der Waals surface area contributed by atoms with Crippen molar-refractivity contribution in [2.75, 3.05) is 0 Å². The van der Waals surface area contributed by atoms with Crippen LogP contribution < -0.4 is 5.56 Å². The van der Waals surface area contributed by atoms with Gasteiger partial charge in [0.15, 0.2) is 5.82 Å². The largest absolute Gasteiger partial charge is 0.481 e. The fourth-order valence-corrected chi connectivity index (χ4v) is 2.57. The lowest BCUT2D eigenvalue weighted by Gasteiger charge is -2.06. The first-order valence-electron chi connectivity index (χ1n) is 6.72. The fourth-order valence-electron chi connectivity index (χ4n) is 2.57. The summed E-state index contributed by atoms with van der Waals surface area (Å²) < 4.78 is 1.55. The third kappa shape index (κ3) is 2.26. The van der Waals surface area contributed by atoms with E-state index < -0.39 is 5.97 Å².